The van der Waals surface area contributed by atoms with E-state index in [0.717, 1.165) is 0 Å². The molecule has 20 heavy (non-hydrogen) atoms. The topological polar surface area (TPSA) is 75.6 Å². The number of sulfonamides is 1. The number of aliphatic hydroxyl groups is 1. The first-order valence-electron chi connectivity index (χ1n) is 6.73. The molecule has 0 spiro atoms. The predicted octanol–water partition coefficient (Wildman–Crippen LogP) is 1.77. The number of rotatable bonds is 8. The van der Waals surface area contributed by atoms with E-state index in [1.807, 2.05) is 20.8 Å². The van der Waals surface area contributed by atoms with Gasteiger partial charge in [0.05, 0.1) is 11.5 Å². The van der Waals surface area contributed by atoms with Gasteiger partial charge in [0.1, 0.15) is 5.75 Å². The van der Waals surface area contributed by atoms with Gasteiger partial charge in [-0.25, -0.2) is 13.1 Å². The summed E-state index contributed by atoms with van der Waals surface area (Å²) in [7, 11) is -3.49. The Morgan fingerprint density at radius 2 is 1.80 bits per heavy atom. The molecule has 1 aromatic carbocycles. The number of benzene rings is 1. The summed E-state index contributed by atoms with van der Waals surface area (Å²) in [6, 6.07) is 6.14. The Bertz CT molecular complexity index is 496. The summed E-state index contributed by atoms with van der Waals surface area (Å²) >= 11 is 0. The summed E-state index contributed by atoms with van der Waals surface area (Å²) in [6.07, 6.45) is 0.549. The minimum atomic E-state index is -3.49. The highest BCUT2D eigenvalue weighted by atomic mass is 32.2. The van der Waals surface area contributed by atoms with Crippen molar-refractivity contribution >= 4 is 10.0 Å². The SMILES string of the molecule is CC(C)C(C)NS(=O)(=O)c1ccc(OCCCO)cc1. The fourth-order valence-electron chi connectivity index (χ4n) is 1.42. The molecule has 0 saturated carbocycles. The first-order valence-corrected chi connectivity index (χ1v) is 8.21. The van der Waals surface area contributed by atoms with Crippen LogP contribution in [0.4, 0.5) is 0 Å². The van der Waals surface area contributed by atoms with Gasteiger partial charge >= 0.3 is 0 Å². The van der Waals surface area contributed by atoms with Gasteiger partial charge < -0.3 is 9.84 Å². The van der Waals surface area contributed by atoms with Crippen molar-refractivity contribution in [2.75, 3.05) is 13.2 Å². The normalized spacial score (nSPS) is 13.4. The first-order chi connectivity index (χ1) is 9.36. The Morgan fingerprint density at radius 1 is 1.20 bits per heavy atom. The van der Waals surface area contributed by atoms with E-state index >= 15 is 0 Å². The quantitative estimate of drug-likeness (QED) is 0.718. The standard InChI is InChI=1S/C14H23NO4S/c1-11(2)12(3)15-20(17,18)14-7-5-13(6-8-14)19-10-4-9-16/h5-8,11-12,15-16H,4,9-10H2,1-3H3. The molecule has 1 rings (SSSR count). The Labute approximate surface area is 121 Å². The number of nitrogens with one attached hydrogen (secondary N) is 1. The second kappa shape index (κ2) is 7.61. The molecule has 0 saturated heterocycles. The summed E-state index contributed by atoms with van der Waals surface area (Å²) in [4.78, 5) is 0.222. The van der Waals surface area contributed by atoms with Crippen molar-refractivity contribution in [2.24, 2.45) is 5.92 Å². The molecular formula is C14H23NO4S. The van der Waals surface area contributed by atoms with E-state index < -0.39 is 10.0 Å². The van der Waals surface area contributed by atoms with Crippen molar-refractivity contribution in [1.29, 1.82) is 0 Å². The molecule has 1 unspecified atom stereocenters. The van der Waals surface area contributed by atoms with Crippen molar-refractivity contribution < 1.29 is 18.3 Å². The minimum Gasteiger partial charge on any atom is -0.494 e. The molecule has 0 radical (unpaired) electrons. The van der Waals surface area contributed by atoms with E-state index in [1.54, 1.807) is 12.1 Å². The average molecular weight is 301 g/mol. The van der Waals surface area contributed by atoms with E-state index in [2.05, 4.69) is 4.72 Å². The lowest BCUT2D eigenvalue weighted by molar-refractivity contribution is 0.233. The molecule has 1 aromatic rings. The van der Waals surface area contributed by atoms with Gasteiger partial charge in [0.25, 0.3) is 0 Å². The second-order valence-electron chi connectivity index (χ2n) is 5.05. The van der Waals surface area contributed by atoms with E-state index in [4.69, 9.17) is 9.84 Å². The smallest absolute Gasteiger partial charge is 0.240 e. The first kappa shape index (κ1) is 16.9. The van der Waals surface area contributed by atoms with E-state index in [9.17, 15) is 8.42 Å². The zero-order valence-corrected chi connectivity index (χ0v) is 13.0. The van der Waals surface area contributed by atoms with Gasteiger partial charge in [0, 0.05) is 19.1 Å². The summed E-state index contributed by atoms with van der Waals surface area (Å²) in [6.45, 7) is 6.25. The third-order valence-corrected chi connectivity index (χ3v) is 4.62. The fraction of sp³-hybridized carbons (Fsp3) is 0.571. The second-order valence-corrected chi connectivity index (χ2v) is 6.76. The van der Waals surface area contributed by atoms with Gasteiger partial charge in [-0.3, -0.25) is 0 Å². The van der Waals surface area contributed by atoms with Crippen molar-refractivity contribution in [3.8, 4) is 5.75 Å². The van der Waals surface area contributed by atoms with Crippen LogP contribution in [0.2, 0.25) is 0 Å². The maximum absolute atomic E-state index is 12.1. The lowest BCUT2D eigenvalue weighted by Crippen LogP contribution is -2.36. The summed E-state index contributed by atoms with van der Waals surface area (Å²) in [5.41, 5.74) is 0. The average Bonchev–Trinajstić information content (AvgIpc) is 2.39. The van der Waals surface area contributed by atoms with Crippen LogP contribution in [0.5, 0.6) is 5.75 Å². The molecule has 0 fully saturated rings. The van der Waals surface area contributed by atoms with Crippen LogP contribution < -0.4 is 9.46 Å². The molecule has 6 heteroatoms. The monoisotopic (exact) mass is 301 g/mol. The lowest BCUT2D eigenvalue weighted by atomic mass is 10.1. The van der Waals surface area contributed by atoms with Crippen LogP contribution in [0, 0.1) is 5.92 Å². The molecule has 5 nitrogen and oxygen atoms in total. The highest BCUT2D eigenvalue weighted by Gasteiger charge is 2.19. The van der Waals surface area contributed by atoms with Gasteiger partial charge in [-0.05, 0) is 37.1 Å². The molecule has 1 atom stereocenters. The third kappa shape index (κ3) is 5.11. The molecule has 114 valence electrons. The zero-order chi connectivity index (χ0) is 15.2. The van der Waals surface area contributed by atoms with Crippen LogP contribution in [-0.4, -0.2) is 32.8 Å². The zero-order valence-electron chi connectivity index (χ0n) is 12.2. The van der Waals surface area contributed by atoms with E-state index in [1.165, 1.54) is 12.1 Å². The highest BCUT2D eigenvalue weighted by molar-refractivity contribution is 7.89. The van der Waals surface area contributed by atoms with Crippen molar-refractivity contribution in [2.45, 2.75) is 38.1 Å². The third-order valence-electron chi connectivity index (χ3n) is 3.05. The summed E-state index contributed by atoms with van der Waals surface area (Å²) in [5, 5.41) is 8.66. The number of ether oxygens (including phenoxy) is 1. The number of aliphatic hydroxyl groups excluding tert-OH is 1. The van der Waals surface area contributed by atoms with Crippen LogP contribution in [-0.2, 0) is 10.0 Å². The molecule has 0 aromatic heterocycles. The molecular weight excluding hydrogens is 278 g/mol. The Kier molecular flexibility index (Phi) is 6.45. The van der Waals surface area contributed by atoms with Crippen LogP contribution >= 0.6 is 0 Å². The molecule has 0 heterocycles. The van der Waals surface area contributed by atoms with E-state index in [0.29, 0.717) is 18.8 Å². The van der Waals surface area contributed by atoms with Gasteiger partial charge in [-0.2, -0.15) is 0 Å². The molecule has 0 aliphatic heterocycles. The van der Waals surface area contributed by atoms with Crippen LogP contribution in [0.25, 0.3) is 0 Å². The molecule has 0 aliphatic rings. The van der Waals surface area contributed by atoms with Crippen LogP contribution in [0.3, 0.4) is 0 Å². The highest BCUT2D eigenvalue weighted by Crippen LogP contribution is 2.17. The Balaban J connectivity index is 2.71. The number of hydrogen-bond donors (Lipinski definition) is 2. The van der Waals surface area contributed by atoms with Gasteiger partial charge in [-0.1, -0.05) is 13.8 Å². The van der Waals surface area contributed by atoms with Gasteiger partial charge in [-0.15, -0.1) is 0 Å². The van der Waals surface area contributed by atoms with Crippen molar-refractivity contribution in [3.05, 3.63) is 24.3 Å². The van der Waals surface area contributed by atoms with Gasteiger partial charge in [0.15, 0.2) is 0 Å². The maximum atomic E-state index is 12.1. The maximum Gasteiger partial charge on any atom is 0.240 e. The Hall–Kier alpha value is -1.11. The lowest BCUT2D eigenvalue weighted by Gasteiger charge is -2.17. The molecule has 0 bridgehead atoms. The molecule has 0 amide bonds. The molecule has 0 aliphatic carbocycles. The Morgan fingerprint density at radius 3 is 2.30 bits per heavy atom. The minimum absolute atomic E-state index is 0.0729. The van der Waals surface area contributed by atoms with Crippen molar-refractivity contribution in [3.63, 3.8) is 0 Å². The summed E-state index contributed by atoms with van der Waals surface area (Å²) in [5.74, 6) is 0.820. The predicted molar refractivity (Wildman–Crippen MR) is 78.3 cm³/mol. The van der Waals surface area contributed by atoms with Crippen LogP contribution in [0.15, 0.2) is 29.2 Å². The van der Waals surface area contributed by atoms with Crippen LogP contribution in [0.1, 0.15) is 27.2 Å². The molecule has 2 N–H and O–H groups in total. The fourth-order valence-corrected chi connectivity index (χ4v) is 2.81. The largest absolute Gasteiger partial charge is 0.494 e. The van der Waals surface area contributed by atoms with E-state index in [-0.39, 0.29) is 23.5 Å². The number of hydrogen-bond acceptors (Lipinski definition) is 4. The summed E-state index contributed by atoms with van der Waals surface area (Å²) < 4.78 is 32.3. The van der Waals surface area contributed by atoms with Crippen molar-refractivity contribution in [1.82, 2.24) is 4.72 Å². The van der Waals surface area contributed by atoms with Gasteiger partial charge in [0.2, 0.25) is 10.0 Å².